The molecule has 39 heavy (non-hydrogen) atoms. The average molecular weight is 541 g/mol. The van der Waals surface area contributed by atoms with Crippen molar-refractivity contribution in [1.82, 2.24) is 9.88 Å². The molecule has 9 heteroatoms. The van der Waals surface area contributed by atoms with E-state index in [9.17, 15) is 23.8 Å². The van der Waals surface area contributed by atoms with E-state index in [1.807, 2.05) is 18.2 Å². The number of aliphatic hydroxyl groups excluding tert-OH is 1. The number of carbonyl (C=O) groups is 1. The lowest BCUT2D eigenvalue weighted by molar-refractivity contribution is -0.147. The van der Waals surface area contributed by atoms with Crippen molar-refractivity contribution < 1.29 is 33.3 Å². The molecule has 0 unspecified atom stereocenters. The smallest absolute Gasteiger partial charge is 0.308 e. The second kappa shape index (κ2) is 11.4. The Bertz CT molecular complexity index is 1350. The van der Waals surface area contributed by atoms with Crippen molar-refractivity contribution in [3.05, 3.63) is 65.4 Å². The van der Waals surface area contributed by atoms with Crippen LogP contribution in [0.1, 0.15) is 55.3 Å². The third kappa shape index (κ3) is 5.43. The Balaban J connectivity index is 1.21. The summed E-state index contributed by atoms with van der Waals surface area (Å²) in [5.74, 6) is -2.34. The number of methoxy groups -OCH3 is 2. The van der Waals surface area contributed by atoms with Crippen LogP contribution in [-0.2, 0) is 4.79 Å². The van der Waals surface area contributed by atoms with Crippen molar-refractivity contribution in [3.8, 4) is 11.5 Å². The summed E-state index contributed by atoms with van der Waals surface area (Å²) >= 11 is 0. The van der Waals surface area contributed by atoms with E-state index in [0.29, 0.717) is 50.1 Å². The second-order valence-corrected chi connectivity index (χ2v) is 10.7. The Kier molecular flexibility index (Phi) is 8.00. The molecule has 1 aliphatic heterocycles. The van der Waals surface area contributed by atoms with Crippen LogP contribution in [0.25, 0.3) is 10.9 Å². The van der Waals surface area contributed by atoms with Crippen molar-refractivity contribution >= 4 is 16.9 Å². The van der Waals surface area contributed by atoms with E-state index in [2.05, 4.69) is 9.88 Å². The number of nitrogens with zero attached hydrogens (tertiary/aromatic N) is 2. The number of hydrogen-bond donors (Lipinski definition) is 2. The van der Waals surface area contributed by atoms with E-state index >= 15 is 0 Å². The molecular formula is C30H34F2N2O5. The number of aliphatic carboxylic acids is 1. The van der Waals surface area contributed by atoms with Gasteiger partial charge in [-0.15, -0.1) is 0 Å². The van der Waals surface area contributed by atoms with Gasteiger partial charge in [-0.25, -0.2) is 8.78 Å². The summed E-state index contributed by atoms with van der Waals surface area (Å²) in [7, 11) is 3.03. The second-order valence-electron chi connectivity index (χ2n) is 10.7. The first-order valence-electron chi connectivity index (χ1n) is 13.4. The normalized spacial score (nSPS) is 24.2. The SMILES string of the molecule is COc1ccc2nccc([C@@H](O)CC[C@@H]3CCN(C4CC(c5c(OC)ccc(F)c5F)C4)C[C@@H]3C(=O)O)c2c1. The Labute approximate surface area is 226 Å². The zero-order valence-electron chi connectivity index (χ0n) is 22.1. The van der Waals surface area contributed by atoms with E-state index in [4.69, 9.17) is 9.47 Å². The van der Waals surface area contributed by atoms with Gasteiger partial charge in [0.05, 0.1) is 31.8 Å². The molecule has 0 bridgehead atoms. The number of rotatable bonds is 9. The van der Waals surface area contributed by atoms with Crippen molar-refractivity contribution in [2.24, 2.45) is 11.8 Å². The van der Waals surface area contributed by atoms with Crippen LogP contribution in [0.5, 0.6) is 11.5 Å². The summed E-state index contributed by atoms with van der Waals surface area (Å²) in [5.41, 5.74) is 1.79. The third-order valence-electron chi connectivity index (χ3n) is 8.61. The molecule has 1 saturated heterocycles. The number of fused-ring (bicyclic) bond motifs is 1. The average Bonchev–Trinajstić information content (AvgIpc) is 2.92. The zero-order valence-corrected chi connectivity index (χ0v) is 22.1. The van der Waals surface area contributed by atoms with Crippen molar-refractivity contribution in [3.63, 3.8) is 0 Å². The fraction of sp³-hybridized carbons (Fsp3) is 0.467. The first kappa shape index (κ1) is 27.3. The van der Waals surface area contributed by atoms with Gasteiger partial charge in [0.25, 0.3) is 0 Å². The van der Waals surface area contributed by atoms with Crippen LogP contribution >= 0.6 is 0 Å². The summed E-state index contributed by atoms with van der Waals surface area (Å²) in [6.07, 6.45) is 3.90. The van der Waals surface area contributed by atoms with Gasteiger partial charge in [-0.05, 0) is 92.4 Å². The number of ether oxygens (including phenoxy) is 2. The number of halogens is 2. The molecule has 208 valence electrons. The molecule has 1 aliphatic carbocycles. The highest BCUT2D eigenvalue weighted by atomic mass is 19.2. The molecule has 0 amide bonds. The first-order chi connectivity index (χ1) is 18.8. The molecule has 2 N–H and O–H groups in total. The summed E-state index contributed by atoms with van der Waals surface area (Å²) in [5, 5.41) is 21.9. The lowest BCUT2D eigenvalue weighted by Crippen LogP contribution is -2.52. The maximum absolute atomic E-state index is 14.5. The van der Waals surface area contributed by atoms with Crippen LogP contribution in [0.15, 0.2) is 42.6 Å². The van der Waals surface area contributed by atoms with Crippen LogP contribution in [-0.4, -0.2) is 59.4 Å². The number of likely N-dealkylation sites (tertiary alicyclic amines) is 1. The molecule has 2 aliphatic rings. The summed E-state index contributed by atoms with van der Waals surface area (Å²) < 4.78 is 39.0. The van der Waals surface area contributed by atoms with Gasteiger partial charge in [0.2, 0.25) is 0 Å². The Morgan fingerprint density at radius 3 is 2.67 bits per heavy atom. The number of carboxylic acid groups (broad SMARTS) is 1. The zero-order chi connectivity index (χ0) is 27.7. The summed E-state index contributed by atoms with van der Waals surface area (Å²) in [4.78, 5) is 18.8. The maximum Gasteiger partial charge on any atom is 0.308 e. The van der Waals surface area contributed by atoms with Crippen molar-refractivity contribution in [2.75, 3.05) is 27.3 Å². The predicted octanol–water partition coefficient (Wildman–Crippen LogP) is 5.31. The third-order valence-corrected chi connectivity index (χ3v) is 8.61. The quantitative estimate of drug-likeness (QED) is 0.380. The van der Waals surface area contributed by atoms with E-state index < -0.39 is 29.6 Å². The van der Waals surface area contributed by atoms with Crippen LogP contribution in [0.4, 0.5) is 8.78 Å². The highest BCUT2D eigenvalue weighted by Gasteiger charge is 2.42. The fourth-order valence-corrected chi connectivity index (χ4v) is 6.30. The lowest BCUT2D eigenvalue weighted by atomic mass is 9.72. The van der Waals surface area contributed by atoms with E-state index in [1.54, 1.807) is 19.4 Å². The minimum absolute atomic E-state index is 0.0623. The summed E-state index contributed by atoms with van der Waals surface area (Å²) in [6.45, 7) is 1.14. The number of benzene rings is 2. The number of piperidine rings is 1. The van der Waals surface area contributed by atoms with Gasteiger partial charge in [0.15, 0.2) is 11.6 Å². The number of pyridine rings is 1. The van der Waals surface area contributed by atoms with Gasteiger partial charge in [-0.3, -0.25) is 14.7 Å². The number of carboxylic acids is 1. The lowest BCUT2D eigenvalue weighted by Gasteiger charge is -2.47. The van der Waals surface area contributed by atoms with E-state index in [1.165, 1.54) is 13.2 Å². The van der Waals surface area contributed by atoms with Crippen LogP contribution in [0, 0.1) is 23.5 Å². The van der Waals surface area contributed by atoms with Gasteiger partial charge in [-0.2, -0.15) is 0 Å². The molecular weight excluding hydrogens is 506 g/mol. The standard InChI is InChI=1S/C30H34F2N2O5/c1-38-20-4-6-25-22(15-20)21(9-11-33-25)26(35)7-3-17-10-12-34(16-23(17)30(36)37)19-13-18(14-19)28-27(39-2)8-5-24(31)29(28)32/h4-6,8-9,11,15,17-19,23,26,35H,3,7,10,12-14,16H2,1-2H3,(H,36,37)/t17-,18?,19?,23+,26+/m1/s1. The molecule has 2 heterocycles. The molecule has 1 aromatic heterocycles. The molecule has 3 aromatic rings. The van der Waals surface area contributed by atoms with Crippen molar-refractivity contribution in [1.29, 1.82) is 0 Å². The maximum atomic E-state index is 14.5. The van der Waals surface area contributed by atoms with Gasteiger partial charge in [0.1, 0.15) is 11.5 Å². The van der Waals surface area contributed by atoms with Gasteiger partial charge < -0.3 is 19.7 Å². The van der Waals surface area contributed by atoms with Gasteiger partial charge in [-0.1, -0.05) is 0 Å². The number of aromatic nitrogens is 1. The largest absolute Gasteiger partial charge is 0.497 e. The van der Waals surface area contributed by atoms with Gasteiger partial charge >= 0.3 is 5.97 Å². The van der Waals surface area contributed by atoms with Crippen molar-refractivity contribution in [2.45, 2.75) is 50.2 Å². The van der Waals surface area contributed by atoms with E-state index in [-0.39, 0.29) is 23.4 Å². The highest BCUT2D eigenvalue weighted by molar-refractivity contribution is 5.83. The highest BCUT2D eigenvalue weighted by Crippen LogP contribution is 2.46. The Morgan fingerprint density at radius 2 is 1.95 bits per heavy atom. The van der Waals surface area contributed by atoms with Crippen LogP contribution in [0.2, 0.25) is 0 Å². The van der Waals surface area contributed by atoms with Gasteiger partial charge in [0, 0.05) is 29.7 Å². The molecule has 1 saturated carbocycles. The Hall–Kier alpha value is -3.30. The number of aliphatic hydroxyl groups is 1. The molecule has 3 atom stereocenters. The molecule has 2 aromatic carbocycles. The molecule has 0 radical (unpaired) electrons. The minimum Gasteiger partial charge on any atom is -0.497 e. The summed E-state index contributed by atoms with van der Waals surface area (Å²) in [6, 6.07) is 9.97. The Morgan fingerprint density at radius 1 is 1.15 bits per heavy atom. The van der Waals surface area contributed by atoms with Crippen LogP contribution < -0.4 is 9.47 Å². The van der Waals surface area contributed by atoms with E-state index in [0.717, 1.165) is 29.1 Å². The molecule has 5 rings (SSSR count). The monoisotopic (exact) mass is 540 g/mol. The first-order valence-corrected chi connectivity index (χ1v) is 13.4. The fourth-order valence-electron chi connectivity index (χ4n) is 6.30. The molecule has 7 nitrogen and oxygen atoms in total. The number of hydrogen-bond acceptors (Lipinski definition) is 6. The van der Waals surface area contributed by atoms with Crippen LogP contribution in [0.3, 0.4) is 0 Å². The predicted molar refractivity (Wildman–Crippen MR) is 142 cm³/mol. The minimum atomic E-state index is -0.887. The topological polar surface area (TPSA) is 92.1 Å². The molecule has 0 spiro atoms. The molecule has 2 fully saturated rings.